The molecule has 6 nitrogen and oxygen atoms in total. The van der Waals surface area contributed by atoms with Crippen molar-refractivity contribution < 1.29 is 23.8 Å². The third kappa shape index (κ3) is 4.15. The number of aryl methyl sites for hydroxylation is 1. The molecule has 0 aromatic heterocycles. The van der Waals surface area contributed by atoms with Crippen LogP contribution >= 0.6 is 0 Å². The summed E-state index contributed by atoms with van der Waals surface area (Å²) in [5, 5.41) is 0. The van der Waals surface area contributed by atoms with E-state index in [2.05, 4.69) is 11.8 Å². The first kappa shape index (κ1) is 20.2. The van der Waals surface area contributed by atoms with Crippen LogP contribution in [0, 0.1) is 24.7 Å². The Kier molecular flexibility index (Phi) is 6.25. The number of amides is 1. The summed E-state index contributed by atoms with van der Waals surface area (Å²) in [5.74, 6) is 6.03. The molecule has 3 atom stereocenters. The normalized spacial score (nSPS) is 26.0. The first-order valence-electron chi connectivity index (χ1n) is 9.64. The van der Waals surface area contributed by atoms with Crippen LogP contribution in [-0.4, -0.2) is 56.0 Å². The van der Waals surface area contributed by atoms with Gasteiger partial charge in [-0.1, -0.05) is 18.1 Å². The van der Waals surface area contributed by atoms with Crippen molar-refractivity contribution in [1.29, 1.82) is 0 Å². The van der Waals surface area contributed by atoms with E-state index >= 15 is 0 Å². The molecule has 0 N–H and O–H groups in total. The van der Waals surface area contributed by atoms with E-state index in [9.17, 15) is 9.59 Å². The molecule has 0 unspecified atom stereocenters. The molecule has 28 heavy (non-hydrogen) atoms. The Morgan fingerprint density at radius 3 is 2.82 bits per heavy atom. The van der Waals surface area contributed by atoms with Crippen LogP contribution in [0.1, 0.15) is 36.8 Å². The van der Waals surface area contributed by atoms with E-state index < -0.39 is 11.6 Å². The summed E-state index contributed by atoms with van der Waals surface area (Å²) in [5.41, 5.74) is 1.08. The second-order valence-electron chi connectivity index (χ2n) is 7.43. The second-order valence-corrected chi connectivity index (χ2v) is 7.43. The Balaban J connectivity index is 1.95. The molecule has 2 fully saturated rings. The van der Waals surface area contributed by atoms with Gasteiger partial charge in [-0.2, -0.15) is 0 Å². The fraction of sp³-hybridized carbons (Fsp3) is 0.545. The molecule has 1 amide bonds. The van der Waals surface area contributed by atoms with Crippen molar-refractivity contribution in [1.82, 2.24) is 4.90 Å². The zero-order valence-corrected chi connectivity index (χ0v) is 16.7. The Morgan fingerprint density at radius 1 is 1.29 bits per heavy atom. The molecule has 1 aromatic carbocycles. The number of rotatable bonds is 3. The van der Waals surface area contributed by atoms with E-state index in [-0.39, 0.29) is 24.7 Å². The Morgan fingerprint density at radius 2 is 2.11 bits per heavy atom. The molecule has 0 radical (unpaired) electrons. The van der Waals surface area contributed by atoms with Crippen LogP contribution in [0.4, 0.5) is 4.79 Å². The lowest BCUT2D eigenvalue weighted by Crippen LogP contribution is -2.52. The lowest BCUT2D eigenvalue weighted by Gasteiger charge is -2.42. The third-order valence-corrected chi connectivity index (χ3v) is 5.60. The topological polar surface area (TPSA) is 65.1 Å². The van der Waals surface area contributed by atoms with Gasteiger partial charge in [-0.3, -0.25) is 0 Å². The van der Waals surface area contributed by atoms with Crippen molar-refractivity contribution in [3.05, 3.63) is 35.4 Å². The molecule has 1 aromatic rings. The summed E-state index contributed by atoms with van der Waals surface area (Å²) >= 11 is 0. The summed E-state index contributed by atoms with van der Waals surface area (Å²) in [4.78, 5) is 26.2. The minimum Gasteiger partial charge on any atom is -0.453 e. The molecular weight excluding hydrogens is 358 g/mol. The number of methoxy groups -OCH3 is 2. The first-order valence-corrected chi connectivity index (χ1v) is 9.64. The van der Waals surface area contributed by atoms with E-state index in [0.717, 1.165) is 30.4 Å². The van der Waals surface area contributed by atoms with Gasteiger partial charge >= 0.3 is 12.1 Å². The molecule has 2 aliphatic rings. The fourth-order valence-electron chi connectivity index (χ4n) is 4.42. The van der Waals surface area contributed by atoms with Crippen molar-refractivity contribution >= 4 is 12.1 Å². The quantitative estimate of drug-likeness (QED) is 0.591. The number of esters is 1. The number of nitrogens with zero attached hydrogens (tertiary/aromatic N) is 1. The minimum atomic E-state index is -0.926. The molecule has 6 heteroatoms. The number of hydrogen-bond donors (Lipinski definition) is 0. The van der Waals surface area contributed by atoms with Gasteiger partial charge in [-0.25, -0.2) is 9.59 Å². The fourth-order valence-corrected chi connectivity index (χ4v) is 4.42. The van der Waals surface area contributed by atoms with Gasteiger partial charge in [0.15, 0.2) is 5.60 Å². The molecule has 1 aliphatic heterocycles. The summed E-state index contributed by atoms with van der Waals surface area (Å²) in [6, 6.07) is 7.89. The highest BCUT2D eigenvalue weighted by Crippen LogP contribution is 2.45. The lowest BCUT2D eigenvalue weighted by atomic mass is 9.72. The van der Waals surface area contributed by atoms with E-state index in [1.807, 2.05) is 31.2 Å². The molecule has 1 saturated heterocycles. The predicted octanol–water partition coefficient (Wildman–Crippen LogP) is 2.92. The highest BCUT2D eigenvalue weighted by molar-refractivity contribution is 5.72. The van der Waals surface area contributed by atoms with Crippen molar-refractivity contribution in [2.75, 3.05) is 27.4 Å². The van der Waals surface area contributed by atoms with Crippen molar-refractivity contribution in [3.8, 4) is 11.8 Å². The molecule has 0 bridgehead atoms. The minimum absolute atomic E-state index is 0.0386. The molecule has 0 spiro atoms. The summed E-state index contributed by atoms with van der Waals surface area (Å²) in [6.45, 7) is 2.48. The van der Waals surface area contributed by atoms with Crippen molar-refractivity contribution in [2.45, 2.75) is 44.2 Å². The maximum absolute atomic E-state index is 12.3. The number of carbonyl (C=O) groups excluding carboxylic acids is 2. The Hall–Kier alpha value is -2.52. The SMILES string of the molecule is COCC(=O)O[C@@]1(C#Cc2cccc(C)c2)CCC[C@@H]2[C@H]1CCN2C(=O)OC. The van der Waals surface area contributed by atoms with Gasteiger partial charge in [0.2, 0.25) is 0 Å². The van der Waals surface area contributed by atoms with Crippen LogP contribution in [-0.2, 0) is 19.0 Å². The van der Waals surface area contributed by atoms with Crippen LogP contribution in [0.25, 0.3) is 0 Å². The summed E-state index contributed by atoms with van der Waals surface area (Å²) in [7, 11) is 2.85. The van der Waals surface area contributed by atoms with Gasteiger partial charge in [0.05, 0.1) is 7.11 Å². The Bertz CT molecular complexity index is 796. The van der Waals surface area contributed by atoms with Crippen molar-refractivity contribution in [3.63, 3.8) is 0 Å². The maximum atomic E-state index is 12.3. The van der Waals surface area contributed by atoms with Gasteiger partial charge in [-0.05, 0) is 56.2 Å². The molecular formula is C22H27NO5. The number of hydrogen-bond acceptors (Lipinski definition) is 5. The van der Waals surface area contributed by atoms with Crippen LogP contribution in [0.3, 0.4) is 0 Å². The number of ether oxygens (including phenoxy) is 3. The van der Waals surface area contributed by atoms with Crippen LogP contribution in [0.15, 0.2) is 24.3 Å². The Labute approximate surface area is 166 Å². The predicted molar refractivity (Wildman–Crippen MR) is 104 cm³/mol. The highest BCUT2D eigenvalue weighted by atomic mass is 16.6. The van der Waals surface area contributed by atoms with Crippen LogP contribution in [0.5, 0.6) is 0 Å². The van der Waals surface area contributed by atoms with Gasteiger partial charge in [-0.15, -0.1) is 0 Å². The van der Waals surface area contributed by atoms with E-state index in [0.29, 0.717) is 13.0 Å². The van der Waals surface area contributed by atoms with Gasteiger partial charge in [0, 0.05) is 31.2 Å². The number of benzene rings is 1. The van der Waals surface area contributed by atoms with Crippen molar-refractivity contribution in [2.24, 2.45) is 5.92 Å². The molecule has 1 aliphatic carbocycles. The second kappa shape index (κ2) is 8.66. The number of likely N-dealkylation sites (tertiary alicyclic amines) is 1. The molecule has 3 rings (SSSR count). The average molecular weight is 385 g/mol. The van der Waals surface area contributed by atoms with Crippen LogP contribution < -0.4 is 0 Å². The zero-order chi connectivity index (χ0) is 20.1. The number of carbonyl (C=O) groups is 2. The van der Waals surface area contributed by atoms with Gasteiger partial charge in [0.1, 0.15) is 6.61 Å². The maximum Gasteiger partial charge on any atom is 0.409 e. The van der Waals surface area contributed by atoms with Gasteiger partial charge in [0.25, 0.3) is 0 Å². The van der Waals surface area contributed by atoms with Crippen LogP contribution in [0.2, 0.25) is 0 Å². The monoisotopic (exact) mass is 385 g/mol. The van der Waals surface area contributed by atoms with Gasteiger partial charge < -0.3 is 19.1 Å². The van der Waals surface area contributed by atoms with E-state index in [1.165, 1.54) is 14.2 Å². The lowest BCUT2D eigenvalue weighted by molar-refractivity contribution is -0.167. The smallest absolute Gasteiger partial charge is 0.409 e. The largest absolute Gasteiger partial charge is 0.453 e. The average Bonchev–Trinajstić information content (AvgIpc) is 3.12. The molecule has 1 saturated carbocycles. The zero-order valence-electron chi connectivity index (χ0n) is 16.7. The standard InChI is InChI=1S/C22H27NO5/c1-16-6-4-7-17(14-16)9-12-22(28-20(24)15-26-2)11-5-8-19-18(22)10-13-23(19)21(25)27-3/h4,6-7,14,18-19H,5,8,10-11,13,15H2,1-3H3/t18-,19-,22-/m1/s1. The highest BCUT2D eigenvalue weighted by Gasteiger charge is 2.53. The third-order valence-electron chi connectivity index (χ3n) is 5.60. The van der Waals surface area contributed by atoms with E-state index in [4.69, 9.17) is 14.2 Å². The summed E-state index contributed by atoms with van der Waals surface area (Å²) < 4.78 is 15.8. The number of fused-ring (bicyclic) bond motifs is 1. The molecule has 150 valence electrons. The summed E-state index contributed by atoms with van der Waals surface area (Å²) in [6.07, 6.45) is 2.71. The molecule has 1 heterocycles. The first-order chi connectivity index (χ1) is 13.5. The van der Waals surface area contributed by atoms with E-state index in [1.54, 1.807) is 4.90 Å².